The lowest BCUT2D eigenvalue weighted by Crippen LogP contribution is -1.94. The van der Waals surface area contributed by atoms with Gasteiger partial charge in [-0.3, -0.25) is 4.40 Å². The third-order valence-electron chi connectivity index (χ3n) is 1.52. The van der Waals surface area contributed by atoms with Gasteiger partial charge >= 0.3 is 0 Å². The highest BCUT2D eigenvalue weighted by molar-refractivity contribution is 5.40. The van der Waals surface area contributed by atoms with Gasteiger partial charge in [0.15, 0.2) is 0 Å². The van der Waals surface area contributed by atoms with E-state index in [1.54, 1.807) is 6.20 Å². The molecule has 0 fully saturated rings. The van der Waals surface area contributed by atoms with Gasteiger partial charge in [0.25, 0.3) is 0 Å². The summed E-state index contributed by atoms with van der Waals surface area (Å²) >= 11 is 0. The predicted molar refractivity (Wildman–Crippen MR) is 42.5 cm³/mol. The van der Waals surface area contributed by atoms with Gasteiger partial charge in [0.1, 0.15) is 5.82 Å². The highest BCUT2D eigenvalue weighted by atomic mass is 15.1. The number of aromatic nitrogens is 3. The summed E-state index contributed by atoms with van der Waals surface area (Å²) in [6.07, 6.45) is 5.50. The normalized spacial score (nSPS) is 10.3. The first kappa shape index (κ1) is 6.15. The van der Waals surface area contributed by atoms with Crippen LogP contribution in [0, 0.1) is 0 Å². The highest BCUT2D eigenvalue weighted by Gasteiger charge is 1.94. The van der Waals surface area contributed by atoms with Gasteiger partial charge in [0.05, 0.1) is 0 Å². The van der Waals surface area contributed by atoms with Gasteiger partial charge in [-0.15, -0.1) is 0 Å². The van der Waals surface area contributed by atoms with E-state index in [2.05, 4.69) is 15.3 Å². The van der Waals surface area contributed by atoms with E-state index in [0.717, 1.165) is 11.6 Å². The number of rotatable bonds is 1. The molecule has 0 amide bonds. The van der Waals surface area contributed by atoms with Crippen molar-refractivity contribution in [1.82, 2.24) is 14.4 Å². The van der Waals surface area contributed by atoms with Gasteiger partial charge in [-0.05, 0) is 6.07 Å². The smallest absolute Gasteiger partial charge is 0.235 e. The number of anilines is 1. The standard InChI is InChI=1S/C7H8N4/c1-8-6-2-4-11-5-3-9-7(11)10-6/h2-5H,1H3,(H,8,9,10). The molecule has 0 bridgehead atoms. The monoisotopic (exact) mass is 148 g/mol. The second-order valence-electron chi connectivity index (χ2n) is 2.20. The van der Waals surface area contributed by atoms with Crippen LogP contribution >= 0.6 is 0 Å². The zero-order valence-corrected chi connectivity index (χ0v) is 6.15. The molecule has 0 aliphatic carbocycles. The van der Waals surface area contributed by atoms with E-state index >= 15 is 0 Å². The third-order valence-corrected chi connectivity index (χ3v) is 1.52. The van der Waals surface area contributed by atoms with Crippen LogP contribution in [0.5, 0.6) is 0 Å². The lowest BCUT2D eigenvalue weighted by molar-refractivity contribution is 1.11. The maximum absolute atomic E-state index is 4.19. The molecule has 11 heavy (non-hydrogen) atoms. The first-order chi connectivity index (χ1) is 5.40. The molecule has 4 heteroatoms. The van der Waals surface area contributed by atoms with E-state index in [-0.39, 0.29) is 0 Å². The van der Waals surface area contributed by atoms with Crippen molar-refractivity contribution < 1.29 is 0 Å². The summed E-state index contributed by atoms with van der Waals surface area (Å²) in [5.41, 5.74) is 0. The Labute approximate surface area is 63.9 Å². The predicted octanol–water partition coefficient (Wildman–Crippen LogP) is 0.771. The molecule has 2 rings (SSSR count). The summed E-state index contributed by atoms with van der Waals surface area (Å²) in [5, 5.41) is 2.94. The molecule has 2 heterocycles. The Morgan fingerprint density at radius 2 is 2.36 bits per heavy atom. The Balaban J connectivity index is 2.67. The molecule has 2 aromatic rings. The molecule has 0 spiro atoms. The maximum Gasteiger partial charge on any atom is 0.235 e. The molecule has 56 valence electrons. The Hall–Kier alpha value is -1.58. The molecule has 0 aliphatic heterocycles. The lowest BCUT2D eigenvalue weighted by atomic mass is 10.6. The van der Waals surface area contributed by atoms with Gasteiger partial charge < -0.3 is 5.32 Å². The fourth-order valence-electron chi connectivity index (χ4n) is 0.943. The quantitative estimate of drug-likeness (QED) is 0.649. The van der Waals surface area contributed by atoms with Crippen LogP contribution in [0.15, 0.2) is 24.7 Å². The van der Waals surface area contributed by atoms with Crippen LogP contribution in [0.25, 0.3) is 5.78 Å². The molecular weight excluding hydrogens is 140 g/mol. The summed E-state index contributed by atoms with van der Waals surface area (Å²) in [6, 6.07) is 1.90. The van der Waals surface area contributed by atoms with Gasteiger partial charge in [-0.25, -0.2) is 4.98 Å². The fourth-order valence-corrected chi connectivity index (χ4v) is 0.943. The van der Waals surface area contributed by atoms with Crippen molar-refractivity contribution in [3.8, 4) is 0 Å². The van der Waals surface area contributed by atoms with E-state index in [1.807, 2.05) is 29.9 Å². The first-order valence-electron chi connectivity index (χ1n) is 3.37. The third kappa shape index (κ3) is 0.920. The maximum atomic E-state index is 4.19. The minimum Gasteiger partial charge on any atom is -0.373 e. The van der Waals surface area contributed by atoms with E-state index in [4.69, 9.17) is 0 Å². The van der Waals surface area contributed by atoms with Crippen LogP contribution < -0.4 is 5.32 Å². The molecule has 0 atom stereocenters. The summed E-state index contributed by atoms with van der Waals surface area (Å²) in [5.74, 6) is 1.56. The highest BCUT2D eigenvalue weighted by Crippen LogP contribution is 2.02. The number of hydrogen-bond acceptors (Lipinski definition) is 3. The second-order valence-corrected chi connectivity index (χ2v) is 2.20. The number of nitrogens with zero attached hydrogens (tertiary/aromatic N) is 3. The zero-order chi connectivity index (χ0) is 7.68. The van der Waals surface area contributed by atoms with Crippen LogP contribution in [-0.4, -0.2) is 21.4 Å². The average Bonchev–Trinajstić information content (AvgIpc) is 2.50. The first-order valence-corrected chi connectivity index (χ1v) is 3.37. The zero-order valence-electron chi connectivity index (χ0n) is 6.15. The van der Waals surface area contributed by atoms with Gasteiger partial charge in [0.2, 0.25) is 5.78 Å². The number of hydrogen-bond donors (Lipinski definition) is 1. The molecule has 2 aromatic heterocycles. The molecule has 1 N–H and O–H groups in total. The summed E-state index contributed by atoms with van der Waals surface area (Å²) < 4.78 is 1.86. The fraction of sp³-hybridized carbons (Fsp3) is 0.143. The second kappa shape index (κ2) is 2.23. The Morgan fingerprint density at radius 3 is 3.18 bits per heavy atom. The van der Waals surface area contributed by atoms with Crippen molar-refractivity contribution in [2.24, 2.45) is 0 Å². The molecule has 0 saturated carbocycles. The Bertz CT molecular complexity index is 365. The van der Waals surface area contributed by atoms with Gasteiger partial charge in [-0.2, -0.15) is 4.98 Å². The number of nitrogens with one attached hydrogen (secondary N) is 1. The van der Waals surface area contributed by atoms with Crippen LogP contribution in [-0.2, 0) is 0 Å². The molecule has 4 nitrogen and oxygen atoms in total. The van der Waals surface area contributed by atoms with Crippen molar-refractivity contribution in [1.29, 1.82) is 0 Å². The minimum absolute atomic E-state index is 0.719. The Kier molecular flexibility index (Phi) is 1.25. The molecular formula is C7H8N4. The van der Waals surface area contributed by atoms with Crippen LogP contribution in [0.2, 0.25) is 0 Å². The van der Waals surface area contributed by atoms with Crippen molar-refractivity contribution in [3.05, 3.63) is 24.7 Å². The number of imidazole rings is 1. The Morgan fingerprint density at radius 1 is 1.45 bits per heavy atom. The van der Waals surface area contributed by atoms with Crippen LogP contribution in [0.4, 0.5) is 5.82 Å². The summed E-state index contributed by atoms with van der Waals surface area (Å²) in [4.78, 5) is 8.23. The minimum atomic E-state index is 0.719. The van der Waals surface area contributed by atoms with Crippen molar-refractivity contribution in [2.75, 3.05) is 12.4 Å². The SMILES string of the molecule is CNc1ccn2ccnc2n1. The van der Waals surface area contributed by atoms with Crippen molar-refractivity contribution in [3.63, 3.8) is 0 Å². The molecule has 0 radical (unpaired) electrons. The summed E-state index contributed by atoms with van der Waals surface area (Å²) in [6.45, 7) is 0. The van der Waals surface area contributed by atoms with E-state index < -0.39 is 0 Å². The lowest BCUT2D eigenvalue weighted by Gasteiger charge is -1.97. The van der Waals surface area contributed by atoms with E-state index in [0.29, 0.717) is 0 Å². The van der Waals surface area contributed by atoms with E-state index in [9.17, 15) is 0 Å². The van der Waals surface area contributed by atoms with Gasteiger partial charge in [-0.1, -0.05) is 0 Å². The van der Waals surface area contributed by atoms with E-state index in [1.165, 1.54) is 0 Å². The van der Waals surface area contributed by atoms with Crippen molar-refractivity contribution >= 4 is 11.6 Å². The summed E-state index contributed by atoms with van der Waals surface area (Å²) in [7, 11) is 1.84. The molecule has 0 unspecified atom stereocenters. The molecule has 0 aromatic carbocycles. The van der Waals surface area contributed by atoms with Gasteiger partial charge in [0, 0.05) is 25.6 Å². The van der Waals surface area contributed by atoms with Crippen LogP contribution in [0.1, 0.15) is 0 Å². The topological polar surface area (TPSA) is 42.2 Å². The van der Waals surface area contributed by atoms with Crippen LogP contribution in [0.3, 0.4) is 0 Å². The largest absolute Gasteiger partial charge is 0.373 e. The average molecular weight is 148 g/mol. The molecule has 0 aliphatic rings. The number of fused-ring (bicyclic) bond motifs is 1. The van der Waals surface area contributed by atoms with Crippen molar-refractivity contribution in [2.45, 2.75) is 0 Å². The molecule has 0 saturated heterocycles.